The van der Waals surface area contributed by atoms with E-state index in [2.05, 4.69) is 39.2 Å². The van der Waals surface area contributed by atoms with E-state index in [0.717, 1.165) is 47.4 Å². The van der Waals surface area contributed by atoms with Crippen molar-refractivity contribution in [3.63, 3.8) is 0 Å². The van der Waals surface area contributed by atoms with Crippen LogP contribution in [0.1, 0.15) is 83.8 Å². The third-order valence-electron chi connectivity index (χ3n) is 7.93. The minimum absolute atomic E-state index is 0.0862. The number of Topliss-reactive ketones (excluding diaryl/α,β-unsaturated/α-hetero) is 2. The number of carbonyl (C=O) groups is 2. The summed E-state index contributed by atoms with van der Waals surface area (Å²) in [6.45, 7) is 16.0. The Morgan fingerprint density at radius 1 is 1.03 bits per heavy atom. The van der Waals surface area contributed by atoms with Gasteiger partial charge in [0.25, 0.3) is 0 Å². The van der Waals surface area contributed by atoms with Gasteiger partial charge >= 0.3 is 0 Å². The lowest BCUT2D eigenvalue weighted by atomic mass is 9.63. The van der Waals surface area contributed by atoms with Crippen molar-refractivity contribution in [1.82, 2.24) is 4.90 Å². The lowest BCUT2D eigenvalue weighted by Crippen LogP contribution is -2.44. The van der Waals surface area contributed by atoms with Crippen molar-refractivity contribution in [2.24, 2.45) is 10.8 Å². The topological polar surface area (TPSA) is 76.1 Å². The quantitative estimate of drug-likeness (QED) is 0.306. The summed E-state index contributed by atoms with van der Waals surface area (Å²) in [7, 11) is 1.70. The van der Waals surface area contributed by atoms with Crippen LogP contribution in [-0.2, 0) is 20.7 Å². The van der Waals surface area contributed by atoms with Crippen LogP contribution in [-0.4, -0.2) is 48.4 Å². The lowest BCUT2D eigenvalue weighted by Gasteiger charge is -2.49. The number of aromatic hydroxyl groups is 1. The molecule has 1 aromatic carbocycles. The minimum atomic E-state index is -0.478. The van der Waals surface area contributed by atoms with E-state index in [4.69, 9.17) is 9.47 Å². The third kappa shape index (κ3) is 5.33. The van der Waals surface area contributed by atoms with E-state index in [-0.39, 0.29) is 28.1 Å². The molecular formula is C32H43NO5. The summed E-state index contributed by atoms with van der Waals surface area (Å²) >= 11 is 0. The zero-order chi connectivity index (χ0) is 27.8. The number of phenolic OH excluding ortho intramolecular Hbond substituents is 1. The van der Waals surface area contributed by atoms with Crippen LogP contribution in [0.25, 0.3) is 0 Å². The Morgan fingerprint density at radius 3 is 2.11 bits per heavy atom. The van der Waals surface area contributed by atoms with Crippen molar-refractivity contribution in [3.8, 4) is 11.5 Å². The summed E-state index contributed by atoms with van der Waals surface area (Å²) in [5.41, 5.74) is 4.68. The van der Waals surface area contributed by atoms with Crippen LogP contribution in [0.3, 0.4) is 0 Å². The molecule has 6 nitrogen and oxygen atoms in total. The molecule has 0 spiro atoms. The van der Waals surface area contributed by atoms with Gasteiger partial charge in [0.2, 0.25) is 0 Å². The molecule has 0 bridgehead atoms. The van der Waals surface area contributed by atoms with E-state index in [9.17, 15) is 14.7 Å². The fourth-order valence-corrected chi connectivity index (χ4v) is 6.45. The number of ether oxygens (including phenoxy) is 2. The van der Waals surface area contributed by atoms with Crippen LogP contribution in [0.5, 0.6) is 11.5 Å². The lowest BCUT2D eigenvalue weighted by molar-refractivity contribution is -0.119. The van der Waals surface area contributed by atoms with Crippen molar-refractivity contribution < 1.29 is 24.2 Å². The molecule has 6 heteroatoms. The Morgan fingerprint density at radius 2 is 1.61 bits per heavy atom. The second kappa shape index (κ2) is 10.7. The number of phenols is 1. The van der Waals surface area contributed by atoms with Crippen LogP contribution >= 0.6 is 0 Å². The van der Waals surface area contributed by atoms with Crippen molar-refractivity contribution in [2.75, 3.05) is 26.9 Å². The highest BCUT2D eigenvalue weighted by molar-refractivity contribution is 6.06. The Balaban J connectivity index is 2.00. The summed E-state index contributed by atoms with van der Waals surface area (Å²) in [5, 5.41) is 10.9. The number of nitrogens with zero attached hydrogens (tertiary/aromatic N) is 1. The molecule has 1 aromatic rings. The van der Waals surface area contributed by atoms with Crippen LogP contribution in [0, 0.1) is 10.8 Å². The molecule has 0 unspecified atom stereocenters. The molecule has 2 aliphatic carbocycles. The summed E-state index contributed by atoms with van der Waals surface area (Å²) in [4.78, 5) is 30.2. The Labute approximate surface area is 227 Å². The number of methoxy groups -OCH3 is 1. The molecule has 4 rings (SSSR count). The number of hydrogen-bond donors (Lipinski definition) is 1. The maximum Gasteiger partial charge on any atom is 0.162 e. The van der Waals surface area contributed by atoms with E-state index in [1.54, 1.807) is 13.2 Å². The standard InChI is InChI=1S/C32H43NO5/c1-8-11-20-14-21(15-26(30(20)36)38-9-2)27-28-22(16-31(3,4)18-24(28)34)33(12-10-13-37-7)23-17-32(5,6)19-25(35)29(23)27/h8,14-15,27,36H,1,9-13,16-19H2,2-7H3. The maximum absolute atomic E-state index is 14.0. The van der Waals surface area contributed by atoms with Crippen LogP contribution in [0.2, 0.25) is 0 Å². The van der Waals surface area contributed by atoms with E-state index < -0.39 is 5.92 Å². The second-order valence-electron chi connectivity index (χ2n) is 12.5. The number of carbonyl (C=O) groups excluding carboxylic acids is 2. The largest absolute Gasteiger partial charge is 0.504 e. The Kier molecular flexibility index (Phi) is 7.94. The third-order valence-corrected chi connectivity index (χ3v) is 7.93. The zero-order valence-electron chi connectivity index (χ0n) is 23.9. The van der Waals surface area contributed by atoms with Gasteiger partial charge < -0.3 is 19.5 Å². The molecule has 0 amide bonds. The molecule has 206 valence electrons. The van der Waals surface area contributed by atoms with E-state index >= 15 is 0 Å². The fraction of sp³-hybridized carbons (Fsp3) is 0.562. The highest BCUT2D eigenvalue weighted by Crippen LogP contribution is 2.55. The predicted octanol–water partition coefficient (Wildman–Crippen LogP) is 6.24. The van der Waals surface area contributed by atoms with Gasteiger partial charge in [-0.1, -0.05) is 39.8 Å². The van der Waals surface area contributed by atoms with Gasteiger partial charge in [0.15, 0.2) is 23.1 Å². The molecule has 3 aliphatic rings. The van der Waals surface area contributed by atoms with Crippen molar-refractivity contribution in [1.29, 1.82) is 0 Å². The second-order valence-corrected chi connectivity index (χ2v) is 12.5. The molecule has 1 aliphatic heterocycles. The normalized spacial score (nSPS) is 20.9. The van der Waals surface area contributed by atoms with Crippen molar-refractivity contribution in [3.05, 3.63) is 58.5 Å². The SMILES string of the molecule is C=CCc1cc(C2C3=C(CC(C)(C)CC3=O)N(CCCOC)C3=C2C(=O)CC(C)(C)C3)cc(OCC)c1O. The molecule has 0 radical (unpaired) electrons. The highest BCUT2D eigenvalue weighted by atomic mass is 16.5. The first kappa shape index (κ1) is 28.2. The van der Waals surface area contributed by atoms with Gasteiger partial charge in [-0.15, -0.1) is 6.58 Å². The van der Waals surface area contributed by atoms with Crippen molar-refractivity contribution >= 4 is 11.6 Å². The first-order valence-corrected chi connectivity index (χ1v) is 13.8. The predicted molar refractivity (Wildman–Crippen MR) is 149 cm³/mol. The highest BCUT2D eigenvalue weighted by Gasteiger charge is 2.49. The molecule has 0 aromatic heterocycles. The fourth-order valence-electron chi connectivity index (χ4n) is 6.45. The molecule has 0 fully saturated rings. The molecule has 1 heterocycles. The summed E-state index contributed by atoms with van der Waals surface area (Å²) in [6.07, 6.45) is 5.39. The first-order valence-electron chi connectivity index (χ1n) is 13.8. The number of hydrogen-bond acceptors (Lipinski definition) is 6. The summed E-state index contributed by atoms with van der Waals surface area (Å²) in [5.74, 6) is 0.176. The van der Waals surface area contributed by atoms with Gasteiger partial charge in [-0.3, -0.25) is 9.59 Å². The summed E-state index contributed by atoms with van der Waals surface area (Å²) < 4.78 is 11.2. The van der Waals surface area contributed by atoms with Crippen molar-refractivity contribution in [2.45, 2.75) is 79.1 Å². The van der Waals surface area contributed by atoms with Gasteiger partial charge in [-0.25, -0.2) is 0 Å². The first-order chi connectivity index (χ1) is 17.9. The molecule has 0 atom stereocenters. The molecular weight excluding hydrogens is 478 g/mol. The average Bonchev–Trinajstić information content (AvgIpc) is 2.80. The van der Waals surface area contributed by atoms with E-state index in [1.165, 1.54) is 0 Å². The van der Waals surface area contributed by atoms with Gasteiger partial charge in [0.1, 0.15) is 0 Å². The number of benzene rings is 1. The Bertz CT molecular complexity index is 1150. The van der Waals surface area contributed by atoms with E-state index in [1.807, 2.05) is 19.1 Å². The number of allylic oxidation sites excluding steroid dienone is 5. The smallest absolute Gasteiger partial charge is 0.162 e. The van der Waals surface area contributed by atoms with Gasteiger partial charge in [-0.05, 0) is 55.1 Å². The molecule has 0 saturated heterocycles. The van der Waals surface area contributed by atoms with Crippen LogP contribution < -0.4 is 4.74 Å². The molecule has 1 N–H and O–H groups in total. The maximum atomic E-state index is 14.0. The minimum Gasteiger partial charge on any atom is -0.504 e. The molecule has 0 saturated carbocycles. The summed E-state index contributed by atoms with van der Waals surface area (Å²) in [6, 6.07) is 3.76. The monoisotopic (exact) mass is 521 g/mol. The number of ketones is 2. The van der Waals surface area contributed by atoms with Crippen LogP contribution in [0.15, 0.2) is 47.3 Å². The van der Waals surface area contributed by atoms with Gasteiger partial charge in [0.05, 0.1) is 6.61 Å². The average molecular weight is 522 g/mol. The van der Waals surface area contributed by atoms with Gasteiger partial charge in [-0.2, -0.15) is 0 Å². The zero-order valence-corrected chi connectivity index (χ0v) is 23.9. The molecule has 38 heavy (non-hydrogen) atoms. The van der Waals surface area contributed by atoms with Crippen LogP contribution in [0.4, 0.5) is 0 Å². The van der Waals surface area contributed by atoms with E-state index in [0.29, 0.717) is 50.3 Å². The van der Waals surface area contributed by atoms with Gasteiger partial charge in [0, 0.05) is 67.1 Å². The number of rotatable bonds is 9. The Hall–Kier alpha value is -2.86.